The summed E-state index contributed by atoms with van der Waals surface area (Å²) in [6.45, 7) is 0. The van der Waals surface area contributed by atoms with E-state index in [0.717, 1.165) is 0 Å². The maximum Gasteiger partial charge on any atom is 0.273 e. The summed E-state index contributed by atoms with van der Waals surface area (Å²) >= 11 is 0. The molecule has 1 unspecified atom stereocenters. The Hall–Kier alpha value is -1.19. The molecule has 0 aliphatic heterocycles. The number of benzene rings is 1. The molecule has 0 radical (unpaired) electrons. The molecule has 4 heteroatoms. The Morgan fingerprint density at radius 2 is 1.92 bits per heavy atom. The van der Waals surface area contributed by atoms with Crippen molar-refractivity contribution in [1.29, 1.82) is 0 Å². The molecule has 0 saturated carbocycles. The molecule has 0 aliphatic carbocycles. The third kappa shape index (κ3) is 2.37. The molecule has 1 rings (SSSR count). The van der Waals surface area contributed by atoms with E-state index in [9.17, 15) is 13.2 Å². The lowest BCUT2D eigenvalue weighted by Crippen LogP contribution is -2.02. The van der Waals surface area contributed by atoms with Crippen molar-refractivity contribution in [2.45, 2.75) is 12.6 Å². The van der Waals surface area contributed by atoms with Crippen LogP contribution >= 0.6 is 0 Å². The summed E-state index contributed by atoms with van der Waals surface area (Å²) in [5.41, 5.74) is -0.0608. The van der Waals surface area contributed by atoms with Crippen LogP contribution in [0.15, 0.2) is 24.3 Å². The Kier molecular flexibility index (Phi) is 3.17. The van der Waals surface area contributed by atoms with Gasteiger partial charge in [0.1, 0.15) is 5.75 Å². The molecule has 0 spiro atoms. The molecular formula is C9H9F3O. The van der Waals surface area contributed by atoms with Crippen LogP contribution < -0.4 is 4.74 Å². The van der Waals surface area contributed by atoms with Crippen molar-refractivity contribution in [3.8, 4) is 5.75 Å². The van der Waals surface area contributed by atoms with Crippen molar-refractivity contribution in [3.63, 3.8) is 0 Å². The third-order valence-electron chi connectivity index (χ3n) is 1.63. The molecule has 0 N–H and O–H groups in total. The van der Waals surface area contributed by atoms with Crippen LogP contribution in [0, 0.1) is 0 Å². The molecule has 0 amide bonds. The van der Waals surface area contributed by atoms with Crippen molar-refractivity contribution >= 4 is 0 Å². The lowest BCUT2D eigenvalue weighted by molar-refractivity contribution is 0.0495. The van der Waals surface area contributed by atoms with Crippen molar-refractivity contribution in [2.75, 3.05) is 7.11 Å². The van der Waals surface area contributed by atoms with Crippen LogP contribution in [0.4, 0.5) is 13.2 Å². The number of halogens is 3. The zero-order valence-electron chi connectivity index (χ0n) is 7.01. The van der Waals surface area contributed by atoms with E-state index in [0.29, 0.717) is 5.75 Å². The van der Waals surface area contributed by atoms with Crippen molar-refractivity contribution in [2.24, 2.45) is 0 Å². The summed E-state index contributed by atoms with van der Waals surface area (Å²) < 4.78 is 41.4. The summed E-state index contributed by atoms with van der Waals surface area (Å²) in [6, 6.07) is 5.61. The Bertz CT molecular complexity index is 275. The minimum absolute atomic E-state index is 0.0608. The van der Waals surface area contributed by atoms with E-state index >= 15 is 0 Å². The van der Waals surface area contributed by atoms with Crippen LogP contribution in [0.1, 0.15) is 11.7 Å². The van der Waals surface area contributed by atoms with Gasteiger partial charge in [-0.1, -0.05) is 12.1 Å². The van der Waals surface area contributed by atoms with Gasteiger partial charge in [-0.3, -0.25) is 0 Å². The lowest BCUT2D eigenvalue weighted by atomic mass is 10.1. The molecule has 0 aromatic heterocycles. The Morgan fingerprint density at radius 3 is 2.46 bits per heavy atom. The number of rotatable bonds is 3. The Labute approximate surface area is 74.1 Å². The van der Waals surface area contributed by atoms with E-state index in [-0.39, 0.29) is 5.56 Å². The Morgan fingerprint density at radius 1 is 1.23 bits per heavy atom. The maximum atomic E-state index is 12.8. The van der Waals surface area contributed by atoms with E-state index in [4.69, 9.17) is 4.74 Å². The molecular weight excluding hydrogens is 181 g/mol. The van der Waals surface area contributed by atoms with Crippen LogP contribution in [-0.2, 0) is 0 Å². The van der Waals surface area contributed by atoms with E-state index in [1.54, 1.807) is 6.07 Å². The molecule has 0 saturated heterocycles. The van der Waals surface area contributed by atoms with E-state index in [1.807, 2.05) is 0 Å². The molecule has 0 bridgehead atoms. The lowest BCUT2D eigenvalue weighted by Gasteiger charge is -2.08. The van der Waals surface area contributed by atoms with E-state index in [2.05, 4.69) is 0 Å². The monoisotopic (exact) mass is 190 g/mol. The zero-order valence-corrected chi connectivity index (χ0v) is 7.01. The molecule has 1 aromatic rings. The third-order valence-corrected chi connectivity index (χ3v) is 1.63. The topological polar surface area (TPSA) is 9.23 Å². The number of methoxy groups -OCH3 is 1. The molecule has 72 valence electrons. The SMILES string of the molecule is COc1cccc(C(F)C(F)F)c1. The van der Waals surface area contributed by atoms with Gasteiger partial charge in [0.2, 0.25) is 0 Å². The van der Waals surface area contributed by atoms with Crippen molar-refractivity contribution in [3.05, 3.63) is 29.8 Å². The normalized spacial score (nSPS) is 13.0. The molecule has 13 heavy (non-hydrogen) atoms. The molecule has 0 aliphatic rings. The maximum absolute atomic E-state index is 12.8. The minimum Gasteiger partial charge on any atom is -0.497 e. The van der Waals surface area contributed by atoms with Gasteiger partial charge in [-0.15, -0.1) is 0 Å². The highest BCUT2D eigenvalue weighted by Crippen LogP contribution is 2.26. The molecule has 1 aromatic carbocycles. The number of ether oxygens (including phenoxy) is 1. The first kappa shape index (κ1) is 9.89. The number of hydrogen-bond acceptors (Lipinski definition) is 1. The zero-order chi connectivity index (χ0) is 9.84. The molecule has 1 atom stereocenters. The first-order valence-electron chi connectivity index (χ1n) is 3.71. The van der Waals surface area contributed by atoms with Gasteiger partial charge in [0.05, 0.1) is 7.11 Å². The standard InChI is InChI=1S/C9H9F3O/c1-13-7-4-2-3-6(5-7)8(10)9(11)12/h2-5,8-9H,1H3. The van der Waals surface area contributed by atoms with Crippen LogP contribution in [-0.4, -0.2) is 13.5 Å². The van der Waals surface area contributed by atoms with Gasteiger partial charge in [-0.2, -0.15) is 0 Å². The average molecular weight is 190 g/mol. The van der Waals surface area contributed by atoms with Crippen LogP contribution in [0.25, 0.3) is 0 Å². The predicted molar refractivity (Wildman–Crippen MR) is 42.8 cm³/mol. The van der Waals surface area contributed by atoms with Crippen LogP contribution in [0.3, 0.4) is 0 Å². The van der Waals surface area contributed by atoms with Gasteiger partial charge >= 0.3 is 0 Å². The Balaban J connectivity index is 2.88. The minimum atomic E-state index is -2.99. The van der Waals surface area contributed by atoms with Gasteiger partial charge in [0, 0.05) is 0 Å². The van der Waals surface area contributed by atoms with Gasteiger partial charge in [0.15, 0.2) is 6.17 Å². The van der Waals surface area contributed by atoms with Gasteiger partial charge in [-0.25, -0.2) is 13.2 Å². The molecule has 1 nitrogen and oxygen atoms in total. The van der Waals surface area contributed by atoms with Crippen LogP contribution in [0.5, 0.6) is 5.75 Å². The van der Waals surface area contributed by atoms with Crippen LogP contribution in [0.2, 0.25) is 0 Å². The van der Waals surface area contributed by atoms with Crippen molar-refractivity contribution < 1.29 is 17.9 Å². The molecule has 0 fully saturated rings. The van der Waals surface area contributed by atoms with Gasteiger partial charge < -0.3 is 4.74 Å². The quantitative estimate of drug-likeness (QED) is 0.711. The second-order valence-electron chi connectivity index (χ2n) is 2.51. The predicted octanol–water partition coefficient (Wildman–Crippen LogP) is 2.97. The highest BCUT2D eigenvalue weighted by atomic mass is 19.3. The average Bonchev–Trinajstić information content (AvgIpc) is 2.16. The van der Waals surface area contributed by atoms with Crippen molar-refractivity contribution in [1.82, 2.24) is 0 Å². The second-order valence-corrected chi connectivity index (χ2v) is 2.51. The molecule has 0 heterocycles. The summed E-state index contributed by atoms with van der Waals surface area (Å²) in [6.07, 6.45) is -5.23. The highest BCUT2D eigenvalue weighted by Gasteiger charge is 2.21. The first-order chi connectivity index (χ1) is 6.15. The fourth-order valence-corrected chi connectivity index (χ4v) is 0.959. The van der Waals surface area contributed by atoms with E-state index in [1.165, 1.54) is 25.3 Å². The van der Waals surface area contributed by atoms with Gasteiger partial charge in [0.25, 0.3) is 6.43 Å². The van der Waals surface area contributed by atoms with Gasteiger partial charge in [-0.05, 0) is 17.7 Å². The summed E-state index contributed by atoms with van der Waals surface area (Å²) in [7, 11) is 1.40. The fraction of sp³-hybridized carbons (Fsp3) is 0.333. The number of alkyl halides is 3. The van der Waals surface area contributed by atoms with E-state index < -0.39 is 12.6 Å². The highest BCUT2D eigenvalue weighted by molar-refractivity contribution is 5.30. The number of hydrogen-bond donors (Lipinski definition) is 0. The fourth-order valence-electron chi connectivity index (χ4n) is 0.959. The first-order valence-corrected chi connectivity index (χ1v) is 3.71. The summed E-state index contributed by atoms with van der Waals surface area (Å²) in [5, 5.41) is 0. The largest absolute Gasteiger partial charge is 0.497 e. The second kappa shape index (κ2) is 4.16. The summed E-state index contributed by atoms with van der Waals surface area (Å²) in [4.78, 5) is 0. The smallest absolute Gasteiger partial charge is 0.273 e. The summed E-state index contributed by atoms with van der Waals surface area (Å²) in [5.74, 6) is 0.376.